The maximum atomic E-state index is 11.9. The Bertz CT molecular complexity index is 683. The maximum absolute atomic E-state index is 11.9. The number of ketones is 1. The number of hydrogen-bond donors (Lipinski definition) is 0. The number of rotatable bonds is 0. The quantitative estimate of drug-likeness (QED) is 0.299. The van der Waals surface area contributed by atoms with Crippen molar-refractivity contribution in [2.24, 2.45) is 0 Å². The molecule has 3 nitrogen and oxygen atoms in total. The second-order valence-corrected chi connectivity index (χ2v) is 3.89. The molecule has 2 aromatic rings. The molecule has 17 heavy (non-hydrogen) atoms. The predicted octanol–water partition coefficient (Wildman–Crippen LogP) is 2.50. The largest absolute Gasteiger partial charge is 0.422 e. The molecule has 0 N–H and O–H groups in total. The van der Waals surface area contributed by atoms with Gasteiger partial charge in [0.15, 0.2) is 0 Å². The number of fused-ring (bicyclic) bond motifs is 2. The molecule has 0 atom stereocenters. The lowest BCUT2D eigenvalue weighted by molar-refractivity contribution is -0.130. The van der Waals surface area contributed by atoms with Crippen molar-refractivity contribution < 1.29 is 14.3 Å². The van der Waals surface area contributed by atoms with Gasteiger partial charge in [-0.25, -0.2) is 4.79 Å². The van der Waals surface area contributed by atoms with Gasteiger partial charge >= 0.3 is 5.97 Å². The second-order valence-electron chi connectivity index (χ2n) is 3.89. The molecule has 0 aliphatic carbocycles. The van der Waals surface area contributed by atoms with Crippen molar-refractivity contribution in [2.45, 2.75) is 0 Å². The molecule has 1 aliphatic heterocycles. The van der Waals surface area contributed by atoms with E-state index in [2.05, 4.69) is 6.58 Å². The molecule has 1 aliphatic rings. The summed E-state index contributed by atoms with van der Waals surface area (Å²) >= 11 is 0. The molecule has 3 heteroatoms. The summed E-state index contributed by atoms with van der Waals surface area (Å²) in [4.78, 5) is 23.2. The van der Waals surface area contributed by atoms with E-state index in [4.69, 9.17) is 4.74 Å². The molecule has 0 aromatic heterocycles. The number of carbonyl (C=O) groups is 2. The van der Waals surface area contributed by atoms with E-state index >= 15 is 0 Å². The molecule has 0 saturated heterocycles. The Kier molecular flexibility index (Phi) is 1.89. The van der Waals surface area contributed by atoms with Crippen molar-refractivity contribution in [3.8, 4) is 5.75 Å². The highest BCUT2D eigenvalue weighted by molar-refractivity contribution is 6.28. The fourth-order valence-corrected chi connectivity index (χ4v) is 1.90. The molecule has 0 saturated carbocycles. The molecule has 0 fully saturated rings. The zero-order valence-electron chi connectivity index (χ0n) is 8.90. The summed E-state index contributed by atoms with van der Waals surface area (Å²) < 4.78 is 5.06. The van der Waals surface area contributed by atoms with Gasteiger partial charge in [-0.3, -0.25) is 4.79 Å². The van der Waals surface area contributed by atoms with Crippen molar-refractivity contribution in [2.75, 3.05) is 0 Å². The van der Waals surface area contributed by atoms with E-state index < -0.39 is 5.97 Å². The molecular formula is C14H8O3. The van der Waals surface area contributed by atoms with Crippen molar-refractivity contribution in [3.63, 3.8) is 0 Å². The first kappa shape index (κ1) is 9.78. The lowest BCUT2D eigenvalue weighted by Crippen LogP contribution is -2.24. The summed E-state index contributed by atoms with van der Waals surface area (Å²) in [6.45, 7) is 3.43. The van der Waals surface area contributed by atoms with Crippen LogP contribution < -0.4 is 4.74 Å². The van der Waals surface area contributed by atoms with Crippen molar-refractivity contribution in [3.05, 3.63) is 54.1 Å². The molecule has 82 valence electrons. The zero-order valence-corrected chi connectivity index (χ0v) is 8.90. The number of Topliss-reactive ketones (excluding diaryl/α,β-unsaturated/α-hetero) is 1. The van der Waals surface area contributed by atoms with Gasteiger partial charge in [-0.1, -0.05) is 30.8 Å². The van der Waals surface area contributed by atoms with E-state index in [9.17, 15) is 9.59 Å². The maximum Gasteiger partial charge on any atom is 0.346 e. The minimum absolute atomic E-state index is 0.118. The van der Waals surface area contributed by atoms with Crippen LogP contribution in [0.3, 0.4) is 0 Å². The van der Waals surface area contributed by atoms with E-state index in [1.807, 2.05) is 24.3 Å². The minimum Gasteiger partial charge on any atom is -0.422 e. The standard InChI is InChI=1S/C14H8O3/c1-8-13(15)11-6-9-4-2-3-5-10(9)7-12(11)17-14(8)16/h2-7H,1H2. The minimum atomic E-state index is -0.669. The normalized spacial score (nSPS) is 14.7. The molecular weight excluding hydrogens is 216 g/mol. The summed E-state index contributed by atoms with van der Waals surface area (Å²) in [7, 11) is 0. The highest BCUT2D eigenvalue weighted by atomic mass is 16.5. The van der Waals surface area contributed by atoms with Gasteiger partial charge in [0, 0.05) is 0 Å². The monoisotopic (exact) mass is 224 g/mol. The number of carbonyl (C=O) groups excluding carboxylic acids is 2. The highest BCUT2D eigenvalue weighted by Crippen LogP contribution is 2.31. The third-order valence-electron chi connectivity index (χ3n) is 2.82. The van der Waals surface area contributed by atoms with Gasteiger partial charge in [-0.05, 0) is 22.9 Å². The third kappa shape index (κ3) is 1.36. The third-order valence-corrected chi connectivity index (χ3v) is 2.82. The van der Waals surface area contributed by atoms with Gasteiger partial charge in [-0.2, -0.15) is 0 Å². The van der Waals surface area contributed by atoms with Gasteiger partial charge in [-0.15, -0.1) is 0 Å². The van der Waals surface area contributed by atoms with Crippen LogP contribution in [0.5, 0.6) is 5.75 Å². The SMILES string of the molecule is C=C1C(=O)Oc2cc3ccccc3cc2C1=O. The van der Waals surface area contributed by atoms with E-state index in [1.54, 1.807) is 12.1 Å². The Morgan fingerprint density at radius 1 is 1.00 bits per heavy atom. The van der Waals surface area contributed by atoms with Crippen LogP contribution in [-0.2, 0) is 4.79 Å². The molecule has 0 amide bonds. The topological polar surface area (TPSA) is 43.4 Å². The summed E-state index contributed by atoms with van der Waals surface area (Å²) in [5, 5.41) is 1.87. The smallest absolute Gasteiger partial charge is 0.346 e. The Balaban J connectivity index is 2.32. The first-order valence-corrected chi connectivity index (χ1v) is 5.15. The van der Waals surface area contributed by atoms with Crippen LogP contribution >= 0.6 is 0 Å². The number of hydrogen-bond acceptors (Lipinski definition) is 3. The van der Waals surface area contributed by atoms with Crippen LogP contribution in [0.2, 0.25) is 0 Å². The van der Waals surface area contributed by atoms with Crippen molar-refractivity contribution in [1.29, 1.82) is 0 Å². The van der Waals surface area contributed by atoms with Gasteiger partial charge < -0.3 is 4.74 Å². The first-order chi connectivity index (χ1) is 8.16. The summed E-state index contributed by atoms with van der Waals surface area (Å²) in [5.41, 5.74) is 0.279. The highest BCUT2D eigenvalue weighted by Gasteiger charge is 2.29. The van der Waals surface area contributed by atoms with Gasteiger partial charge in [0.05, 0.1) is 5.56 Å². The van der Waals surface area contributed by atoms with Crippen LogP contribution in [0.1, 0.15) is 10.4 Å². The molecule has 0 bridgehead atoms. The lowest BCUT2D eigenvalue weighted by atomic mass is 9.97. The van der Waals surface area contributed by atoms with Crippen molar-refractivity contribution in [1.82, 2.24) is 0 Å². The van der Waals surface area contributed by atoms with Gasteiger partial charge in [0.1, 0.15) is 11.3 Å². The molecule has 0 spiro atoms. The molecule has 2 aromatic carbocycles. The van der Waals surface area contributed by atoms with Crippen LogP contribution in [0, 0.1) is 0 Å². The summed E-state index contributed by atoms with van der Waals surface area (Å²) in [6, 6.07) is 11.0. The van der Waals surface area contributed by atoms with Gasteiger partial charge in [0.2, 0.25) is 5.78 Å². The summed E-state index contributed by atoms with van der Waals surface area (Å²) in [6.07, 6.45) is 0. The van der Waals surface area contributed by atoms with E-state index in [0.717, 1.165) is 10.8 Å². The van der Waals surface area contributed by atoms with Crippen molar-refractivity contribution >= 4 is 22.5 Å². The van der Waals surface area contributed by atoms with E-state index in [1.165, 1.54) is 0 Å². The van der Waals surface area contributed by atoms with Crippen LogP contribution in [-0.4, -0.2) is 11.8 Å². The van der Waals surface area contributed by atoms with Crippen LogP contribution in [0.15, 0.2) is 48.6 Å². The van der Waals surface area contributed by atoms with E-state index in [-0.39, 0.29) is 11.4 Å². The van der Waals surface area contributed by atoms with Crippen LogP contribution in [0.25, 0.3) is 10.8 Å². The molecule has 1 heterocycles. The number of benzene rings is 2. The average Bonchev–Trinajstić information content (AvgIpc) is 2.34. The average molecular weight is 224 g/mol. The predicted molar refractivity (Wildman–Crippen MR) is 63.1 cm³/mol. The Morgan fingerprint density at radius 3 is 2.35 bits per heavy atom. The number of esters is 1. The molecule has 0 radical (unpaired) electrons. The summed E-state index contributed by atoms with van der Waals surface area (Å²) in [5.74, 6) is -0.717. The second kappa shape index (κ2) is 3.28. The Hall–Kier alpha value is -2.42. The Morgan fingerprint density at radius 2 is 1.65 bits per heavy atom. The molecule has 3 rings (SSSR count). The fourth-order valence-electron chi connectivity index (χ4n) is 1.90. The van der Waals surface area contributed by atoms with Crippen LogP contribution in [0.4, 0.5) is 0 Å². The fraction of sp³-hybridized carbons (Fsp3) is 0. The first-order valence-electron chi connectivity index (χ1n) is 5.15. The zero-order chi connectivity index (χ0) is 12.0. The molecule has 0 unspecified atom stereocenters. The lowest BCUT2D eigenvalue weighted by Gasteiger charge is -2.16. The number of ether oxygens (including phenoxy) is 1. The Labute approximate surface area is 97.3 Å². The van der Waals surface area contributed by atoms with E-state index in [0.29, 0.717) is 11.3 Å². The van der Waals surface area contributed by atoms with Gasteiger partial charge in [0.25, 0.3) is 0 Å².